The lowest BCUT2D eigenvalue weighted by molar-refractivity contribution is -0.131. The van der Waals surface area contributed by atoms with Gasteiger partial charge in [0.1, 0.15) is 11.9 Å². The van der Waals surface area contributed by atoms with Crippen LogP contribution in [0.1, 0.15) is 68.9 Å². The van der Waals surface area contributed by atoms with E-state index in [4.69, 9.17) is 27.9 Å². The van der Waals surface area contributed by atoms with Gasteiger partial charge in [-0.3, -0.25) is 14.7 Å². The quantitative estimate of drug-likeness (QED) is 0.384. The minimum Gasteiger partial charge on any atom is -0.489 e. The summed E-state index contributed by atoms with van der Waals surface area (Å²) in [6.45, 7) is 10.5. The van der Waals surface area contributed by atoms with Gasteiger partial charge in [0.15, 0.2) is 0 Å². The van der Waals surface area contributed by atoms with Crippen molar-refractivity contribution < 1.29 is 14.3 Å². The number of aromatic nitrogens is 1. The van der Waals surface area contributed by atoms with Crippen LogP contribution in [0.15, 0.2) is 36.7 Å². The number of ether oxygens (including phenoxy) is 1. The average Bonchev–Trinajstić information content (AvgIpc) is 3.73. The summed E-state index contributed by atoms with van der Waals surface area (Å²) in [5.74, 6) is 1.28. The van der Waals surface area contributed by atoms with E-state index in [9.17, 15) is 9.59 Å². The van der Waals surface area contributed by atoms with Crippen LogP contribution in [0.5, 0.6) is 5.75 Å². The molecular formula is C32H45Cl2N5O3. The molecule has 10 heteroatoms. The number of halogens is 2. The largest absolute Gasteiger partial charge is 0.489 e. The molecule has 1 unspecified atom stereocenters. The van der Waals surface area contributed by atoms with Crippen molar-refractivity contribution in [1.29, 1.82) is 0 Å². The molecule has 0 aliphatic carbocycles. The van der Waals surface area contributed by atoms with Gasteiger partial charge in [-0.25, -0.2) is 4.79 Å². The van der Waals surface area contributed by atoms with Crippen LogP contribution in [0, 0.1) is 6.92 Å². The zero-order valence-electron chi connectivity index (χ0n) is 25.0. The van der Waals surface area contributed by atoms with Crippen molar-refractivity contribution in [2.45, 2.75) is 70.8 Å². The number of nitrogens with zero attached hydrogens (tertiary/aromatic N) is 4. The molecule has 5 rings (SSSR count). The molecule has 1 aromatic heterocycles. The Balaban J connectivity index is 0.000000385. The third kappa shape index (κ3) is 9.48. The number of carbonyl (C=O) groups excluding carboxylic acids is 2. The lowest BCUT2D eigenvalue weighted by Gasteiger charge is -2.33. The molecule has 3 fully saturated rings. The van der Waals surface area contributed by atoms with Gasteiger partial charge in [-0.05, 0) is 94.6 Å². The van der Waals surface area contributed by atoms with Crippen LogP contribution in [-0.2, 0) is 4.79 Å². The molecule has 1 N–H and O–H groups in total. The second-order valence-corrected chi connectivity index (χ2v) is 12.3. The number of hydrogen-bond donors (Lipinski definition) is 1. The Morgan fingerprint density at radius 2 is 1.69 bits per heavy atom. The minimum atomic E-state index is -0.118. The summed E-state index contributed by atoms with van der Waals surface area (Å²) in [5, 5.41) is 4.20. The van der Waals surface area contributed by atoms with Crippen LogP contribution in [0.25, 0.3) is 0 Å². The van der Waals surface area contributed by atoms with Crippen molar-refractivity contribution in [3.8, 4) is 5.75 Å². The van der Waals surface area contributed by atoms with Crippen molar-refractivity contribution in [2.24, 2.45) is 0 Å². The van der Waals surface area contributed by atoms with Gasteiger partial charge in [0.25, 0.3) is 0 Å². The summed E-state index contributed by atoms with van der Waals surface area (Å²) in [7, 11) is 0. The standard InChI is InChI=1S/C25H39N5O3.C7H6Cl2/c1-2-21(19-28-11-3-4-12-28)33-23-7-10-26-17-22(23)20-8-15-29(16-9-20)24(31)18-27-25(32)30-13-5-6-14-30;1-5-2-3-6(8)4-7(5)9/h7,10,17,20-21H,2-6,8-9,11-16,18-19H2,1H3,(H,27,32);2-4H,1H3. The number of pyridine rings is 1. The Morgan fingerprint density at radius 1 is 1.00 bits per heavy atom. The summed E-state index contributed by atoms with van der Waals surface area (Å²) in [4.78, 5) is 35.3. The number of rotatable bonds is 8. The first-order valence-electron chi connectivity index (χ1n) is 15.4. The molecule has 0 bridgehead atoms. The zero-order chi connectivity index (χ0) is 29.9. The normalized spacial score (nSPS) is 18.4. The molecule has 1 aromatic carbocycles. The van der Waals surface area contributed by atoms with Crippen LogP contribution in [0.2, 0.25) is 10.0 Å². The van der Waals surface area contributed by atoms with E-state index in [1.807, 2.05) is 42.4 Å². The Labute approximate surface area is 260 Å². The van der Waals surface area contributed by atoms with Crippen LogP contribution in [0.3, 0.4) is 0 Å². The first-order valence-corrected chi connectivity index (χ1v) is 16.1. The Bertz CT molecular complexity index is 1160. The second kappa shape index (κ2) is 16.3. The molecule has 3 amide bonds. The van der Waals surface area contributed by atoms with Crippen molar-refractivity contribution in [3.05, 3.63) is 57.8 Å². The monoisotopic (exact) mass is 617 g/mol. The van der Waals surface area contributed by atoms with Crippen LogP contribution >= 0.6 is 23.2 Å². The van der Waals surface area contributed by atoms with E-state index in [2.05, 4.69) is 22.1 Å². The summed E-state index contributed by atoms with van der Waals surface area (Å²) >= 11 is 11.4. The number of benzene rings is 1. The van der Waals surface area contributed by atoms with E-state index in [1.54, 1.807) is 11.0 Å². The zero-order valence-corrected chi connectivity index (χ0v) is 26.5. The maximum atomic E-state index is 12.6. The van der Waals surface area contributed by atoms with Gasteiger partial charge in [-0.15, -0.1) is 0 Å². The minimum absolute atomic E-state index is 0.000294. The maximum Gasteiger partial charge on any atom is 0.317 e. The highest BCUT2D eigenvalue weighted by atomic mass is 35.5. The number of hydrogen-bond acceptors (Lipinski definition) is 5. The molecule has 3 aliphatic heterocycles. The lowest BCUT2D eigenvalue weighted by atomic mass is 9.89. The highest BCUT2D eigenvalue weighted by molar-refractivity contribution is 6.35. The van der Waals surface area contributed by atoms with Gasteiger partial charge in [-0.1, -0.05) is 36.2 Å². The summed E-state index contributed by atoms with van der Waals surface area (Å²) in [5.41, 5.74) is 2.22. The van der Waals surface area contributed by atoms with Gasteiger partial charge >= 0.3 is 6.03 Å². The number of amides is 3. The molecule has 230 valence electrons. The van der Waals surface area contributed by atoms with Gasteiger partial charge in [0, 0.05) is 60.7 Å². The highest BCUT2D eigenvalue weighted by Crippen LogP contribution is 2.34. The third-order valence-corrected chi connectivity index (χ3v) is 9.07. The number of nitrogens with one attached hydrogen (secondary N) is 1. The molecule has 42 heavy (non-hydrogen) atoms. The Hall–Kier alpha value is -2.55. The van der Waals surface area contributed by atoms with Gasteiger partial charge in [0.2, 0.25) is 5.91 Å². The molecular weight excluding hydrogens is 573 g/mol. The van der Waals surface area contributed by atoms with Crippen molar-refractivity contribution in [2.75, 3.05) is 52.4 Å². The number of urea groups is 1. The Morgan fingerprint density at radius 3 is 2.33 bits per heavy atom. The van der Waals surface area contributed by atoms with Crippen molar-refractivity contribution in [1.82, 2.24) is 25.0 Å². The fraction of sp³-hybridized carbons (Fsp3) is 0.594. The van der Waals surface area contributed by atoms with Crippen molar-refractivity contribution in [3.63, 3.8) is 0 Å². The first kappa shape index (κ1) is 32.4. The second-order valence-electron chi connectivity index (χ2n) is 11.5. The predicted molar refractivity (Wildman–Crippen MR) is 169 cm³/mol. The van der Waals surface area contributed by atoms with E-state index in [-0.39, 0.29) is 24.6 Å². The first-order chi connectivity index (χ1) is 20.3. The van der Waals surface area contributed by atoms with E-state index >= 15 is 0 Å². The fourth-order valence-electron chi connectivity index (χ4n) is 5.79. The van der Waals surface area contributed by atoms with Crippen LogP contribution < -0.4 is 10.1 Å². The van der Waals surface area contributed by atoms with Gasteiger partial charge < -0.3 is 19.9 Å². The molecule has 3 aliphatic rings. The van der Waals surface area contributed by atoms with Gasteiger partial charge in [0.05, 0.1) is 6.54 Å². The highest BCUT2D eigenvalue weighted by Gasteiger charge is 2.28. The molecule has 2 aromatic rings. The predicted octanol–water partition coefficient (Wildman–Crippen LogP) is 6.15. The van der Waals surface area contributed by atoms with Crippen molar-refractivity contribution >= 4 is 35.1 Å². The molecule has 3 saturated heterocycles. The molecule has 0 spiro atoms. The van der Waals surface area contributed by atoms with Gasteiger partial charge in [-0.2, -0.15) is 0 Å². The SMILES string of the molecule is CCC(CN1CCCC1)Oc1ccncc1C1CCN(C(=O)CNC(=O)N2CCCC2)CC1.Cc1ccc(Cl)cc1Cl. The number of carbonyl (C=O) groups is 2. The molecule has 0 saturated carbocycles. The number of likely N-dealkylation sites (tertiary alicyclic amines) is 3. The van der Waals surface area contributed by atoms with Crippen LogP contribution in [-0.4, -0.2) is 90.1 Å². The topological polar surface area (TPSA) is 78.0 Å². The number of piperidine rings is 1. The van der Waals surface area contributed by atoms with E-state index < -0.39 is 0 Å². The third-order valence-electron chi connectivity index (χ3n) is 8.43. The summed E-state index contributed by atoms with van der Waals surface area (Å²) < 4.78 is 6.48. The molecule has 4 heterocycles. The number of aryl methyl sites for hydroxylation is 1. The maximum absolute atomic E-state index is 12.6. The summed E-state index contributed by atoms with van der Waals surface area (Å²) in [6, 6.07) is 7.33. The molecule has 0 radical (unpaired) electrons. The van der Waals surface area contributed by atoms with E-state index in [0.29, 0.717) is 24.0 Å². The van der Waals surface area contributed by atoms with E-state index in [0.717, 1.165) is 73.6 Å². The molecule has 8 nitrogen and oxygen atoms in total. The molecule has 1 atom stereocenters. The average molecular weight is 619 g/mol. The van der Waals surface area contributed by atoms with E-state index in [1.165, 1.54) is 25.9 Å². The smallest absolute Gasteiger partial charge is 0.317 e. The van der Waals surface area contributed by atoms with Crippen LogP contribution in [0.4, 0.5) is 4.79 Å². The lowest BCUT2D eigenvalue weighted by Crippen LogP contribution is -2.46. The Kier molecular flexibility index (Phi) is 12.6. The fourth-order valence-corrected chi connectivity index (χ4v) is 6.20. The summed E-state index contributed by atoms with van der Waals surface area (Å²) in [6.07, 6.45) is 11.4.